The highest BCUT2D eigenvalue weighted by atomic mass is 14.2. The highest BCUT2D eigenvalue weighted by Gasteiger charge is 2.10. The third-order valence-corrected chi connectivity index (χ3v) is 4.04. The average Bonchev–Trinajstić information content (AvgIpc) is 2.46. The molecule has 0 aliphatic rings. The van der Waals surface area contributed by atoms with E-state index in [2.05, 4.69) is 56.3 Å². The van der Waals surface area contributed by atoms with Crippen molar-refractivity contribution in [3.8, 4) is 0 Å². The van der Waals surface area contributed by atoms with Crippen molar-refractivity contribution in [2.45, 2.75) is 58.3 Å². The van der Waals surface area contributed by atoms with Gasteiger partial charge in [0.1, 0.15) is 0 Å². The van der Waals surface area contributed by atoms with Gasteiger partial charge in [-0.3, -0.25) is 0 Å². The van der Waals surface area contributed by atoms with Crippen LogP contribution in [0.25, 0.3) is 10.8 Å². The second-order valence-corrected chi connectivity index (χ2v) is 5.59. The molecule has 0 N–H and O–H groups in total. The standard InChI is InChI=1S/C19H26/c1-3-5-6-10-16(9-4-2)19-14-13-17-11-7-8-12-18(17)15-19/h7-8,11-16H,3-6,9-10H2,1-2H3. The van der Waals surface area contributed by atoms with Crippen LogP contribution in [0, 0.1) is 0 Å². The third-order valence-electron chi connectivity index (χ3n) is 4.04. The van der Waals surface area contributed by atoms with E-state index in [0.29, 0.717) is 0 Å². The van der Waals surface area contributed by atoms with Crippen LogP contribution in [0.2, 0.25) is 0 Å². The maximum absolute atomic E-state index is 2.40. The van der Waals surface area contributed by atoms with E-state index in [4.69, 9.17) is 0 Å². The van der Waals surface area contributed by atoms with E-state index in [-0.39, 0.29) is 0 Å². The fourth-order valence-electron chi connectivity index (χ4n) is 2.93. The molecule has 2 aromatic carbocycles. The van der Waals surface area contributed by atoms with Crippen molar-refractivity contribution in [1.29, 1.82) is 0 Å². The van der Waals surface area contributed by atoms with Gasteiger partial charge in [0.25, 0.3) is 0 Å². The molecule has 19 heavy (non-hydrogen) atoms. The molecule has 0 heterocycles. The van der Waals surface area contributed by atoms with Gasteiger partial charge < -0.3 is 0 Å². The van der Waals surface area contributed by atoms with Crippen molar-refractivity contribution in [1.82, 2.24) is 0 Å². The molecule has 0 saturated carbocycles. The zero-order valence-corrected chi connectivity index (χ0v) is 12.4. The molecule has 1 atom stereocenters. The molecule has 2 aromatic rings. The molecule has 0 aliphatic heterocycles. The average molecular weight is 254 g/mol. The first-order chi connectivity index (χ1) is 9.35. The van der Waals surface area contributed by atoms with Gasteiger partial charge in [-0.25, -0.2) is 0 Å². The summed E-state index contributed by atoms with van der Waals surface area (Å²) < 4.78 is 0. The van der Waals surface area contributed by atoms with Gasteiger partial charge in [-0.15, -0.1) is 0 Å². The molecule has 102 valence electrons. The van der Waals surface area contributed by atoms with Crippen molar-refractivity contribution in [3.63, 3.8) is 0 Å². The molecule has 0 radical (unpaired) electrons. The van der Waals surface area contributed by atoms with Gasteiger partial charge in [-0.2, -0.15) is 0 Å². The van der Waals surface area contributed by atoms with Crippen LogP contribution < -0.4 is 0 Å². The Labute approximate surface area is 117 Å². The molecule has 0 aromatic heterocycles. The molecule has 0 spiro atoms. The molecule has 2 rings (SSSR count). The number of hydrogen-bond donors (Lipinski definition) is 0. The molecule has 0 aliphatic carbocycles. The zero-order chi connectivity index (χ0) is 13.5. The van der Waals surface area contributed by atoms with Crippen LogP contribution in [0.4, 0.5) is 0 Å². The molecule has 0 heteroatoms. The van der Waals surface area contributed by atoms with E-state index >= 15 is 0 Å². The molecular weight excluding hydrogens is 228 g/mol. The van der Waals surface area contributed by atoms with Gasteiger partial charge in [0, 0.05) is 0 Å². The smallest absolute Gasteiger partial charge is 0.0162 e. The van der Waals surface area contributed by atoms with Crippen LogP contribution in [0.3, 0.4) is 0 Å². The topological polar surface area (TPSA) is 0 Å². The van der Waals surface area contributed by atoms with E-state index in [1.54, 1.807) is 0 Å². The summed E-state index contributed by atoms with van der Waals surface area (Å²) in [7, 11) is 0. The first-order valence-electron chi connectivity index (χ1n) is 7.83. The summed E-state index contributed by atoms with van der Waals surface area (Å²) in [5.41, 5.74) is 1.54. The monoisotopic (exact) mass is 254 g/mol. The minimum atomic E-state index is 0.751. The summed E-state index contributed by atoms with van der Waals surface area (Å²) in [4.78, 5) is 0. The van der Waals surface area contributed by atoms with Crippen molar-refractivity contribution in [2.75, 3.05) is 0 Å². The van der Waals surface area contributed by atoms with Crippen molar-refractivity contribution < 1.29 is 0 Å². The zero-order valence-electron chi connectivity index (χ0n) is 12.4. The van der Waals surface area contributed by atoms with Crippen LogP contribution in [0.5, 0.6) is 0 Å². The number of fused-ring (bicyclic) bond motifs is 1. The van der Waals surface area contributed by atoms with Crippen LogP contribution in [-0.4, -0.2) is 0 Å². The molecule has 0 bridgehead atoms. The first-order valence-corrected chi connectivity index (χ1v) is 7.83. The molecule has 0 nitrogen and oxygen atoms in total. The minimum Gasteiger partial charge on any atom is -0.0654 e. The summed E-state index contributed by atoms with van der Waals surface area (Å²) >= 11 is 0. The summed E-state index contributed by atoms with van der Waals surface area (Å²) in [5.74, 6) is 0.751. The summed E-state index contributed by atoms with van der Waals surface area (Å²) in [6, 6.07) is 15.7. The van der Waals surface area contributed by atoms with Crippen LogP contribution in [0.1, 0.15) is 63.9 Å². The summed E-state index contributed by atoms with van der Waals surface area (Å²) in [6.45, 7) is 4.58. The van der Waals surface area contributed by atoms with E-state index in [1.165, 1.54) is 54.9 Å². The Morgan fingerprint density at radius 1 is 0.789 bits per heavy atom. The predicted molar refractivity (Wildman–Crippen MR) is 85.7 cm³/mol. The van der Waals surface area contributed by atoms with Gasteiger partial charge in [0.2, 0.25) is 0 Å². The Morgan fingerprint density at radius 2 is 1.58 bits per heavy atom. The Morgan fingerprint density at radius 3 is 2.32 bits per heavy atom. The number of hydrogen-bond acceptors (Lipinski definition) is 0. The highest BCUT2D eigenvalue weighted by molar-refractivity contribution is 5.83. The lowest BCUT2D eigenvalue weighted by molar-refractivity contribution is 0.529. The Hall–Kier alpha value is -1.30. The van der Waals surface area contributed by atoms with Gasteiger partial charge in [0.15, 0.2) is 0 Å². The van der Waals surface area contributed by atoms with E-state index in [9.17, 15) is 0 Å². The molecule has 0 fully saturated rings. The maximum Gasteiger partial charge on any atom is -0.0162 e. The quantitative estimate of drug-likeness (QED) is 0.508. The lowest BCUT2D eigenvalue weighted by Gasteiger charge is -2.17. The normalized spacial score (nSPS) is 12.7. The summed E-state index contributed by atoms with van der Waals surface area (Å²) in [6.07, 6.45) is 8.00. The number of rotatable bonds is 7. The van der Waals surface area contributed by atoms with Crippen LogP contribution in [0.15, 0.2) is 42.5 Å². The fourth-order valence-corrected chi connectivity index (χ4v) is 2.93. The molecular formula is C19H26. The van der Waals surface area contributed by atoms with E-state index < -0.39 is 0 Å². The second-order valence-electron chi connectivity index (χ2n) is 5.59. The Bertz CT molecular complexity index is 498. The van der Waals surface area contributed by atoms with Gasteiger partial charge in [-0.1, -0.05) is 82.0 Å². The van der Waals surface area contributed by atoms with Crippen LogP contribution >= 0.6 is 0 Å². The lowest BCUT2D eigenvalue weighted by Crippen LogP contribution is -1.99. The van der Waals surface area contributed by atoms with Gasteiger partial charge in [-0.05, 0) is 35.1 Å². The highest BCUT2D eigenvalue weighted by Crippen LogP contribution is 2.29. The maximum atomic E-state index is 2.40. The molecule has 1 unspecified atom stereocenters. The number of benzene rings is 2. The predicted octanol–water partition coefficient (Wildman–Crippen LogP) is 6.30. The van der Waals surface area contributed by atoms with Crippen LogP contribution in [-0.2, 0) is 0 Å². The van der Waals surface area contributed by atoms with Gasteiger partial charge in [0.05, 0.1) is 0 Å². The summed E-state index contributed by atoms with van der Waals surface area (Å²) in [5, 5.41) is 2.74. The molecule has 0 amide bonds. The number of unbranched alkanes of at least 4 members (excludes halogenated alkanes) is 2. The third kappa shape index (κ3) is 3.83. The van der Waals surface area contributed by atoms with Crippen molar-refractivity contribution in [3.05, 3.63) is 48.0 Å². The Kier molecular flexibility index (Phi) is 5.44. The first kappa shape index (κ1) is 14.1. The SMILES string of the molecule is CCCCCC(CCC)c1ccc2ccccc2c1. The van der Waals surface area contributed by atoms with Gasteiger partial charge >= 0.3 is 0 Å². The fraction of sp³-hybridized carbons (Fsp3) is 0.474. The minimum absolute atomic E-state index is 0.751. The second kappa shape index (κ2) is 7.33. The Balaban J connectivity index is 2.17. The van der Waals surface area contributed by atoms with Crippen molar-refractivity contribution >= 4 is 10.8 Å². The lowest BCUT2D eigenvalue weighted by atomic mass is 9.88. The van der Waals surface area contributed by atoms with Crippen molar-refractivity contribution in [2.24, 2.45) is 0 Å². The largest absolute Gasteiger partial charge is 0.0654 e. The molecule has 0 saturated heterocycles. The van der Waals surface area contributed by atoms with E-state index in [1.807, 2.05) is 0 Å². The van der Waals surface area contributed by atoms with E-state index in [0.717, 1.165) is 5.92 Å².